The van der Waals surface area contributed by atoms with E-state index in [0.717, 1.165) is 0 Å². The van der Waals surface area contributed by atoms with Gasteiger partial charge in [0.1, 0.15) is 5.75 Å². The number of hydrazone groups is 1. The van der Waals surface area contributed by atoms with Crippen LogP contribution in [-0.2, 0) is 9.59 Å². The fraction of sp³-hybridized carbons (Fsp3) is 0.238. The van der Waals surface area contributed by atoms with Crippen molar-refractivity contribution in [3.63, 3.8) is 0 Å². The smallest absolute Gasteiger partial charge is 0.343 e. The first-order valence-corrected chi connectivity index (χ1v) is 9.02. The Hall–Kier alpha value is -3.88. The van der Waals surface area contributed by atoms with Crippen molar-refractivity contribution in [2.75, 3.05) is 14.2 Å². The van der Waals surface area contributed by atoms with Crippen LogP contribution in [0.1, 0.15) is 29.8 Å². The Morgan fingerprint density at radius 1 is 0.933 bits per heavy atom. The summed E-state index contributed by atoms with van der Waals surface area (Å²) in [5.41, 5.74) is 3.04. The molecule has 9 heteroatoms. The Balaban J connectivity index is 2.04. The van der Waals surface area contributed by atoms with E-state index in [0.29, 0.717) is 22.6 Å². The van der Waals surface area contributed by atoms with Gasteiger partial charge in [-0.25, -0.2) is 10.2 Å². The fourth-order valence-corrected chi connectivity index (χ4v) is 2.28. The number of carbonyl (C=O) groups is 3. The summed E-state index contributed by atoms with van der Waals surface area (Å²) >= 11 is 0. The predicted molar refractivity (Wildman–Crippen MR) is 110 cm³/mol. The molecule has 30 heavy (non-hydrogen) atoms. The number of carbonyl (C=O) groups excluding carboxylic acids is 3. The van der Waals surface area contributed by atoms with Crippen LogP contribution in [0, 0.1) is 0 Å². The summed E-state index contributed by atoms with van der Waals surface area (Å²) < 4.78 is 15.7. The lowest BCUT2D eigenvalue weighted by Crippen LogP contribution is -2.41. The van der Waals surface area contributed by atoms with Crippen molar-refractivity contribution < 1.29 is 28.6 Å². The molecule has 9 nitrogen and oxygen atoms in total. The van der Waals surface area contributed by atoms with Crippen LogP contribution in [0.4, 0.5) is 0 Å². The molecule has 0 spiro atoms. The van der Waals surface area contributed by atoms with E-state index in [2.05, 4.69) is 15.8 Å². The van der Waals surface area contributed by atoms with Crippen LogP contribution in [0.2, 0.25) is 0 Å². The van der Waals surface area contributed by atoms with E-state index in [-0.39, 0.29) is 11.8 Å². The second kappa shape index (κ2) is 10.6. The molecular formula is C21H23N3O6. The second-order valence-electron chi connectivity index (χ2n) is 6.36. The summed E-state index contributed by atoms with van der Waals surface area (Å²) in [6.07, 6.45) is 1.33. The molecule has 2 aromatic carbocycles. The van der Waals surface area contributed by atoms with Crippen molar-refractivity contribution in [3.05, 3.63) is 53.6 Å². The molecule has 0 aliphatic rings. The largest absolute Gasteiger partial charge is 0.497 e. The molecule has 0 aliphatic heterocycles. The lowest BCUT2D eigenvalue weighted by atomic mass is 10.2. The van der Waals surface area contributed by atoms with Crippen molar-refractivity contribution in [3.8, 4) is 17.2 Å². The maximum atomic E-state index is 12.3. The third-order valence-electron chi connectivity index (χ3n) is 3.72. The molecule has 0 atom stereocenters. The van der Waals surface area contributed by atoms with Crippen molar-refractivity contribution in [1.82, 2.24) is 10.7 Å². The standard InChI is InChI=1S/C21H23N3O6/c1-13(2)23-19(25)20(26)24-22-12-14-5-10-17(18(11-14)29-4)30-21(27)15-6-8-16(28-3)9-7-15/h5-13H,1-4H3,(H,23,25)(H,24,26)/b22-12-. The number of hydrogen-bond acceptors (Lipinski definition) is 7. The van der Waals surface area contributed by atoms with Gasteiger partial charge in [0.2, 0.25) is 0 Å². The van der Waals surface area contributed by atoms with E-state index in [4.69, 9.17) is 14.2 Å². The summed E-state index contributed by atoms with van der Waals surface area (Å²) in [6.45, 7) is 3.48. The van der Waals surface area contributed by atoms with E-state index < -0.39 is 17.8 Å². The molecule has 158 valence electrons. The summed E-state index contributed by atoms with van der Waals surface area (Å²) in [5, 5.41) is 6.19. The Kier molecular flexibility index (Phi) is 7.92. The zero-order valence-electron chi connectivity index (χ0n) is 17.1. The first kappa shape index (κ1) is 22.4. The van der Waals surface area contributed by atoms with Gasteiger partial charge in [-0.05, 0) is 61.9 Å². The summed E-state index contributed by atoms with van der Waals surface area (Å²) in [7, 11) is 2.97. The van der Waals surface area contributed by atoms with Gasteiger partial charge in [-0.15, -0.1) is 0 Å². The average Bonchev–Trinajstić information content (AvgIpc) is 2.74. The van der Waals surface area contributed by atoms with Gasteiger partial charge in [0.25, 0.3) is 0 Å². The van der Waals surface area contributed by atoms with Crippen LogP contribution in [-0.4, -0.2) is 44.3 Å². The van der Waals surface area contributed by atoms with E-state index in [1.807, 2.05) is 0 Å². The van der Waals surface area contributed by atoms with Crippen molar-refractivity contribution in [2.45, 2.75) is 19.9 Å². The summed E-state index contributed by atoms with van der Waals surface area (Å²) in [4.78, 5) is 35.5. The lowest BCUT2D eigenvalue weighted by Gasteiger charge is -2.10. The molecule has 0 saturated heterocycles. The molecule has 0 aliphatic carbocycles. The third kappa shape index (κ3) is 6.33. The number of nitrogens with one attached hydrogen (secondary N) is 2. The van der Waals surface area contributed by atoms with Gasteiger partial charge >= 0.3 is 17.8 Å². The fourth-order valence-electron chi connectivity index (χ4n) is 2.28. The average molecular weight is 413 g/mol. The highest BCUT2D eigenvalue weighted by Gasteiger charge is 2.14. The number of hydrogen-bond donors (Lipinski definition) is 2. The molecule has 0 fully saturated rings. The molecule has 2 rings (SSSR count). The lowest BCUT2D eigenvalue weighted by molar-refractivity contribution is -0.139. The number of amides is 2. The van der Waals surface area contributed by atoms with Crippen LogP contribution in [0.5, 0.6) is 17.2 Å². The van der Waals surface area contributed by atoms with E-state index in [1.54, 1.807) is 50.2 Å². The number of ether oxygens (including phenoxy) is 3. The molecule has 0 heterocycles. The Labute approximate surface area is 174 Å². The highest BCUT2D eigenvalue weighted by Crippen LogP contribution is 2.28. The monoisotopic (exact) mass is 413 g/mol. The molecule has 0 saturated carbocycles. The topological polar surface area (TPSA) is 115 Å². The zero-order chi connectivity index (χ0) is 22.1. The van der Waals surface area contributed by atoms with Crippen molar-refractivity contribution >= 4 is 24.0 Å². The van der Waals surface area contributed by atoms with Crippen LogP contribution in [0.15, 0.2) is 47.6 Å². The van der Waals surface area contributed by atoms with E-state index in [9.17, 15) is 14.4 Å². The number of methoxy groups -OCH3 is 2. The van der Waals surface area contributed by atoms with Crippen LogP contribution < -0.4 is 25.0 Å². The minimum absolute atomic E-state index is 0.162. The molecule has 0 radical (unpaired) electrons. The molecule has 0 bridgehead atoms. The number of esters is 1. The second-order valence-corrected chi connectivity index (χ2v) is 6.36. The van der Waals surface area contributed by atoms with Crippen molar-refractivity contribution in [1.29, 1.82) is 0 Å². The summed E-state index contributed by atoms with van der Waals surface area (Å²) in [6, 6.07) is 11.1. The first-order chi connectivity index (χ1) is 14.3. The van der Waals surface area contributed by atoms with Gasteiger partial charge < -0.3 is 19.5 Å². The number of rotatable bonds is 7. The normalized spacial score (nSPS) is 10.6. The van der Waals surface area contributed by atoms with Gasteiger partial charge in [-0.1, -0.05) is 0 Å². The predicted octanol–water partition coefficient (Wildman–Crippen LogP) is 1.90. The van der Waals surface area contributed by atoms with Crippen LogP contribution in [0.25, 0.3) is 0 Å². The summed E-state index contributed by atoms with van der Waals surface area (Å²) in [5.74, 6) is -1.07. The molecule has 2 N–H and O–H groups in total. The highest BCUT2D eigenvalue weighted by molar-refractivity contribution is 6.35. The Morgan fingerprint density at radius 3 is 2.23 bits per heavy atom. The molecule has 0 unspecified atom stereocenters. The van der Waals surface area contributed by atoms with Gasteiger partial charge in [-0.2, -0.15) is 5.10 Å². The number of nitrogens with zero attached hydrogens (tertiary/aromatic N) is 1. The van der Waals surface area contributed by atoms with Gasteiger partial charge in [0, 0.05) is 6.04 Å². The van der Waals surface area contributed by atoms with Gasteiger partial charge in [-0.3, -0.25) is 9.59 Å². The van der Waals surface area contributed by atoms with Crippen molar-refractivity contribution in [2.24, 2.45) is 5.10 Å². The molecular weight excluding hydrogens is 390 g/mol. The van der Waals surface area contributed by atoms with Crippen LogP contribution in [0.3, 0.4) is 0 Å². The van der Waals surface area contributed by atoms with E-state index >= 15 is 0 Å². The van der Waals surface area contributed by atoms with E-state index in [1.165, 1.54) is 26.5 Å². The minimum atomic E-state index is -0.878. The molecule has 2 amide bonds. The highest BCUT2D eigenvalue weighted by atomic mass is 16.6. The SMILES string of the molecule is COc1ccc(C(=O)Oc2ccc(/C=N\NC(=O)C(=O)NC(C)C)cc2OC)cc1. The zero-order valence-corrected chi connectivity index (χ0v) is 17.1. The Morgan fingerprint density at radius 2 is 1.63 bits per heavy atom. The Bertz CT molecular complexity index is 938. The minimum Gasteiger partial charge on any atom is -0.497 e. The number of benzene rings is 2. The van der Waals surface area contributed by atoms with Crippen LogP contribution >= 0.6 is 0 Å². The first-order valence-electron chi connectivity index (χ1n) is 9.02. The molecule has 2 aromatic rings. The quantitative estimate of drug-likeness (QED) is 0.236. The van der Waals surface area contributed by atoms with Gasteiger partial charge in [0.05, 0.1) is 26.0 Å². The third-order valence-corrected chi connectivity index (χ3v) is 3.72. The maximum absolute atomic E-state index is 12.3. The maximum Gasteiger partial charge on any atom is 0.343 e. The van der Waals surface area contributed by atoms with Gasteiger partial charge in [0.15, 0.2) is 11.5 Å². The molecule has 0 aromatic heterocycles.